The summed E-state index contributed by atoms with van der Waals surface area (Å²) in [6.45, 7) is 1.44. The Morgan fingerprint density at radius 1 is 1.36 bits per heavy atom. The van der Waals surface area contributed by atoms with Gasteiger partial charge in [0.05, 0.1) is 6.07 Å². The van der Waals surface area contributed by atoms with Crippen molar-refractivity contribution >= 4 is 6.29 Å². The van der Waals surface area contributed by atoms with Gasteiger partial charge in [0.25, 0.3) is 0 Å². The van der Waals surface area contributed by atoms with Gasteiger partial charge in [-0.3, -0.25) is 4.79 Å². The summed E-state index contributed by atoms with van der Waals surface area (Å²) in [6.07, 6.45) is 1.35. The van der Waals surface area contributed by atoms with Crippen LogP contribution >= 0.6 is 0 Å². The molecule has 1 rings (SSSR count). The molecule has 72 valence electrons. The number of rotatable bonds is 5. The predicted octanol–water partition coefficient (Wildman–Crippen LogP) is 1.50. The Labute approximate surface area is 83.4 Å². The lowest BCUT2D eigenvalue weighted by Crippen LogP contribution is -2.13. The van der Waals surface area contributed by atoms with Gasteiger partial charge in [0.1, 0.15) is 6.29 Å². The number of carbonyl (C=O) groups is 1. The Morgan fingerprint density at radius 3 is 2.64 bits per heavy atom. The molecule has 0 unspecified atom stereocenters. The minimum Gasteiger partial charge on any atom is -0.312 e. The number of carbonyl (C=O) groups excluding carboxylic acids is 1. The Balaban J connectivity index is 2.37. The van der Waals surface area contributed by atoms with Crippen LogP contribution in [0.5, 0.6) is 0 Å². The average molecular weight is 188 g/mol. The molecular formula is C11H12N2O. The molecule has 0 saturated carbocycles. The molecule has 0 heterocycles. The van der Waals surface area contributed by atoms with E-state index in [0.717, 1.165) is 18.4 Å². The highest BCUT2D eigenvalue weighted by molar-refractivity contribution is 5.74. The third-order valence-corrected chi connectivity index (χ3v) is 1.86. The minimum atomic E-state index is 0.520. The Morgan fingerprint density at radius 2 is 2.07 bits per heavy atom. The van der Waals surface area contributed by atoms with Gasteiger partial charge in [-0.1, -0.05) is 24.3 Å². The number of aldehydes is 1. The first kappa shape index (κ1) is 10.4. The van der Waals surface area contributed by atoms with Gasteiger partial charge in [-0.2, -0.15) is 5.26 Å². The number of hydrogen-bond acceptors (Lipinski definition) is 3. The van der Waals surface area contributed by atoms with Crippen molar-refractivity contribution in [1.29, 1.82) is 5.26 Å². The highest BCUT2D eigenvalue weighted by Crippen LogP contribution is 2.01. The maximum atomic E-state index is 10.4. The summed E-state index contributed by atoms with van der Waals surface area (Å²) in [4.78, 5) is 10.4. The van der Waals surface area contributed by atoms with Crippen LogP contribution in [0.2, 0.25) is 0 Å². The smallest absolute Gasteiger partial charge is 0.150 e. The van der Waals surface area contributed by atoms with E-state index in [4.69, 9.17) is 5.26 Å². The zero-order valence-electron chi connectivity index (χ0n) is 7.86. The van der Waals surface area contributed by atoms with Crippen molar-refractivity contribution in [3.05, 3.63) is 35.4 Å². The summed E-state index contributed by atoms with van der Waals surface area (Å²) in [5.74, 6) is 0. The van der Waals surface area contributed by atoms with E-state index in [9.17, 15) is 4.79 Å². The second-order valence-corrected chi connectivity index (χ2v) is 2.94. The maximum absolute atomic E-state index is 10.4. The van der Waals surface area contributed by atoms with Crippen LogP contribution in [0.15, 0.2) is 24.3 Å². The standard InChI is InChI=1S/C11H12N2O/c12-6-1-7-13-8-10-2-4-11(9-14)5-3-10/h2-5,9,13H,1,7-8H2. The second kappa shape index (κ2) is 5.90. The fraction of sp³-hybridized carbons (Fsp3) is 0.273. The highest BCUT2D eigenvalue weighted by Gasteiger charge is 1.92. The largest absolute Gasteiger partial charge is 0.312 e. The van der Waals surface area contributed by atoms with Gasteiger partial charge in [0.15, 0.2) is 0 Å². The van der Waals surface area contributed by atoms with Crippen LogP contribution in [0.4, 0.5) is 0 Å². The van der Waals surface area contributed by atoms with Crippen LogP contribution in [-0.4, -0.2) is 12.8 Å². The lowest BCUT2D eigenvalue weighted by molar-refractivity contribution is 0.112. The van der Waals surface area contributed by atoms with Gasteiger partial charge in [-0.15, -0.1) is 0 Å². The zero-order chi connectivity index (χ0) is 10.2. The monoisotopic (exact) mass is 188 g/mol. The molecule has 0 aliphatic rings. The maximum Gasteiger partial charge on any atom is 0.150 e. The Hall–Kier alpha value is -1.66. The Bertz CT molecular complexity index is 324. The average Bonchev–Trinajstić information content (AvgIpc) is 2.25. The van der Waals surface area contributed by atoms with E-state index in [2.05, 4.69) is 11.4 Å². The summed E-state index contributed by atoms with van der Waals surface area (Å²) in [7, 11) is 0. The van der Waals surface area contributed by atoms with E-state index in [1.807, 2.05) is 12.1 Å². The number of nitrogens with one attached hydrogen (secondary N) is 1. The quantitative estimate of drug-likeness (QED) is 0.562. The molecule has 1 aromatic rings. The predicted molar refractivity (Wildman–Crippen MR) is 53.8 cm³/mol. The van der Waals surface area contributed by atoms with Gasteiger partial charge < -0.3 is 5.32 Å². The lowest BCUT2D eigenvalue weighted by atomic mass is 10.1. The normalized spacial score (nSPS) is 9.36. The third-order valence-electron chi connectivity index (χ3n) is 1.86. The van der Waals surface area contributed by atoms with E-state index >= 15 is 0 Å². The molecule has 0 saturated heterocycles. The summed E-state index contributed by atoms with van der Waals surface area (Å²) in [5, 5.41) is 11.4. The third kappa shape index (κ3) is 3.38. The molecule has 0 bridgehead atoms. The van der Waals surface area contributed by atoms with Gasteiger partial charge in [0, 0.05) is 25.1 Å². The van der Waals surface area contributed by atoms with Crippen LogP contribution in [0.1, 0.15) is 22.3 Å². The van der Waals surface area contributed by atoms with E-state index in [-0.39, 0.29) is 0 Å². The number of benzene rings is 1. The molecule has 0 amide bonds. The second-order valence-electron chi connectivity index (χ2n) is 2.94. The molecule has 14 heavy (non-hydrogen) atoms. The molecule has 1 aromatic carbocycles. The van der Waals surface area contributed by atoms with Gasteiger partial charge in [0.2, 0.25) is 0 Å². The van der Waals surface area contributed by atoms with Crippen molar-refractivity contribution in [2.24, 2.45) is 0 Å². The van der Waals surface area contributed by atoms with E-state index in [0.29, 0.717) is 18.5 Å². The molecule has 3 nitrogen and oxygen atoms in total. The minimum absolute atomic E-state index is 0.520. The van der Waals surface area contributed by atoms with Crippen molar-refractivity contribution in [2.45, 2.75) is 13.0 Å². The van der Waals surface area contributed by atoms with Crippen LogP contribution in [-0.2, 0) is 6.54 Å². The SMILES string of the molecule is N#CCCNCc1ccc(C=O)cc1. The molecule has 0 fully saturated rings. The van der Waals surface area contributed by atoms with Gasteiger partial charge in [-0.05, 0) is 5.56 Å². The van der Waals surface area contributed by atoms with Crippen molar-refractivity contribution in [3.63, 3.8) is 0 Å². The summed E-state index contributed by atoms with van der Waals surface area (Å²) in [6, 6.07) is 9.45. The van der Waals surface area contributed by atoms with Crippen LogP contribution in [0.25, 0.3) is 0 Å². The molecule has 1 N–H and O–H groups in total. The molecule has 0 atom stereocenters. The molecule has 0 aromatic heterocycles. The summed E-state index contributed by atoms with van der Waals surface area (Å²) in [5.41, 5.74) is 1.80. The van der Waals surface area contributed by atoms with E-state index < -0.39 is 0 Å². The fourth-order valence-corrected chi connectivity index (χ4v) is 1.09. The van der Waals surface area contributed by atoms with Crippen molar-refractivity contribution in [1.82, 2.24) is 5.32 Å². The number of nitriles is 1. The zero-order valence-corrected chi connectivity index (χ0v) is 7.86. The first-order valence-corrected chi connectivity index (χ1v) is 4.48. The first-order chi connectivity index (χ1) is 6.86. The molecule has 3 heteroatoms. The van der Waals surface area contributed by atoms with Crippen LogP contribution in [0.3, 0.4) is 0 Å². The molecule has 0 radical (unpaired) electrons. The fourth-order valence-electron chi connectivity index (χ4n) is 1.09. The summed E-state index contributed by atoms with van der Waals surface area (Å²) >= 11 is 0. The van der Waals surface area contributed by atoms with Gasteiger partial charge in [-0.25, -0.2) is 0 Å². The van der Waals surface area contributed by atoms with Crippen LogP contribution in [0, 0.1) is 11.3 Å². The van der Waals surface area contributed by atoms with Crippen LogP contribution < -0.4 is 5.32 Å². The molecule has 0 spiro atoms. The first-order valence-electron chi connectivity index (χ1n) is 4.48. The Kier molecular flexibility index (Phi) is 4.39. The van der Waals surface area contributed by atoms with E-state index in [1.54, 1.807) is 12.1 Å². The number of hydrogen-bond donors (Lipinski definition) is 1. The van der Waals surface area contributed by atoms with Gasteiger partial charge >= 0.3 is 0 Å². The van der Waals surface area contributed by atoms with E-state index in [1.165, 1.54) is 0 Å². The molecule has 0 aliphatic carbocycles. The highest BCUT2D eigenvalue weighted by atomic mass is 16.1. The summed E-state index contributed by atoms with van der Waals surface area (Å²) < 4.78 is 0. The molecule has 0 aliphatic heterocycles. The van der Waals surface area contributed by atoms with Crippen molar-refractivity contribution in [2.75, 3.05) is 6.54 Å². The number of nitrogens with zero attached hydrogens (tertiary/aromatic N) is 1. The topological polar surface area (TPSA) is 52.9 Å². The van der Waals surface area contributed by atoms with Crippen molar-refractivity contribution < 1.29 is 4.79 Å². The molecular weight excluding hydrogens is 176 g/mol. The lowest BCUT2D eigenvalue weighted by Gasteiger charge is -2.02. The van der Waals surface area contributed by atoms with Crippen molar-refractivity contribution in [3.8, 4) is 6.07 Å².